The summed E-state index contributed by atoms with van der Waals surface area (Å²) in [4.78, 5) is 11.9. The quantitative estimate of drug-likeness (QED) is 0.388. The van der Waals surface area contributed by atoms with Crippen LogP contribution in [-0.2, 0) is 19.0 Å². The molecular formula is C14H25BrO4. The lowest BCUT2D eigenvalue weighted by molar-refractivity contribution is -0.148. The number of carbonyl (C=O) groups is 1. The van der Waals surface area contributed by atoms with Crippen molar-refractivity contribution in [2.24, 2.45) is 11.8 Å². The second-order valence-corrected chi connectivity index (χ2v) is 6.49. The largest absolute Gasteiger partial charge is 0.466 e. The van der Waals surface area contributed by atoms with Crippen LogP contribution >= 0.6 is 15.9 Å². The van der Waals surface area contributed by atoms with Crippen molar-refractivity contribution in [2.75, 3.05) is 26.4 Å². The molecule has 4 nitrogen and oxygen atoms in total. The van der Waals surface area contributed by atoms with Crippen molar-refractivity contribution in [2.45, 2.75) is 44.5 Å². The van der Waals surface area contributed by atoms with Gasteiger partial charge in [-0.25, -0.2) is 0 Å². The van der Waals surface area contributed by atoms with Gasteiger partial charge in [0, 0.05) is 11.4 Å². The van der Waals surface area contributed by atoms with Gasteiger partial charge >= 0.3 is 5.97 Å². The van der Waals surface area contributed by atoms with E-state index in [1.54, 1.807) is 0 Å². The molecule has 1 saturated carbocycles. The molecule has 1 aliphatic carbocycles. The zero-order valence-electron chi connectivity index (χ0n) is 12.1. The fourth-order valence-electron chi connectivity index (χ4n) is 2.15. The van der Waals surface area contributed by atoms with Gasteiger partial charge in [0.25, 0.3) is 0 Å². The zero-order valence-corrected chi connectivity index (χ0v) is 13.6. The summed E-state index contributed by atoms with van der Waals surface area (Å²) in [6, 6.07) is 0. The summed E-state index contributed by atoms with van der Waals surface area (Å²) in [6.45, 7) is 8.46. The van der Waals surface area contributed by atoms with Crippen LogP contribution in [-0.4, -0.2) is 43.3 Å². The Balaban J connectivity index is 2.19. The third kappa shape index (κ3) is 6.23. The lowest BCUT2D eigenvalue weighted by Crippen LogP contribution is -2.21. The topological polar surface area (TPSA) is 44.8 Å². The standard InChI is InChI=1S/C14H25BrO4/c1-4-18-14(16)11-7-12(15)13(8-11)19-6-5-17-9-10(2)3/h10-13H,4-9H2,1-3H3. The minimum absolute atomic E-state index is 0.0362. The van der Waals surface area contributed by atoms with Gasteiger partial charge in [-0.15, -0.1) is 0 Å². The number of alkyl halides is 1. The molecular weight excluding hydrogens is 312 g/mol. The highest BCUT2D eigenvalue weighted by Crippen LogP contribution is 2.34. The van der Waals surface area contributed by atoms with E-state index in [4.69, 9.17) is 14.2 Å². The van der Waals surface area contributed by atoms with Crippen LogP contribution in [0.2, 0.25) is 0 Å². The molecule has 0 radical (unpaired) electrons. The van der Waals surface area contributed by atoms with Crippen LogP contribution in [0.1, 0.15) is 33.6 Å². The number of hydrogen-bond acceptors (Lipinski definition) is 4. The first-order valence-electron chi connectivity index (χ1n) is 7.04. The van der Waals surface area contributed by atoms with Crippen LogP contribution < -0.4 is 0 Å². The molecule has 0 aromatic rings. The third-order valence-electron chi connectivity index (χ3n) is 3.06. The maximum absolute atomic E-state index is 11.7. The Hall–Kier alpha value is -0.130. The van der Waals surface area contributed by atoms with Gasteiger partial charge in [-0.3, -0.25) is 4.79 Å². The molecule has 0 saturated heterocycles. The number of esters is 1. The van der Waals surface area contributed by atoms with E-state index in [1.165, 1.54) is 0 Å². The van der Waals surface area contributed by atoms with Crippen molar-refractivity contribution < 1.29 is 19.0 Å². The first kappa shape index (κ1) is 16.9. The first-order chi connectivity index (χ1) is 9.04. The van der Waals surface area contributed by atoms with Crippen molar-refractivity contribution in [1.29, 1.82) is 0 Å². The number of ether oxygens (including phenoxy) is 3. The molecule has 0 N–H and O–H groups in total. The molecule has 1 rings (SSSR count). The Morgan fingerprint density at radius 2 is 2.05 bits per heavy atom. The summed E-state index contributed by atoms with van der Waals surface area (Å²) < 4.78 is 16.3. The molecule has 1 fully saturated rings. The van der Waals surface area contributed by atoms with Crippen LogP contribution in [0.25, 0.3) is 0 Å². The second kappa shape index (κ2) is 8.93. The van der Waals surface area contributed by atoms with Gasteiger partial charge in [-0.05, 0) is 25.7 Å². The van der Waals surface area contributed by atoms with E-state index in [9.17, 15) is 4.79 Å². The zero-order chi connectivity index (χ0) is 14.3. The Morgan fingerprint density at radius 1 is 1.32 bits per heavy atom. The summed E-state index contributed by atoms with van der Waals surface area (Å²) in [5, 5.41) is 0. The molecule has 0 heterocycles. The van der Waals surface area contributed by atoms with Gasteiger partial charge in [0.05, 0.1) is 31.8 Å². The van der Waals surface area contributed by atoms with E-state index in [-0.39, 0.29) is 22.8 Å². The molecule has 0 aromatic heterocycles. The number of carbonyl (C=O) groups excluding carboxylic acids is 1. The summed E-state index contributed by atoms with van der Waals surface area (Å²) in [5.74, 6) is 0.406. The Morgan fingerprint density at radius 3 is 2.68 bits per heavy atom. The molecule has 0 bridgehead atoms. The maximum atomic E-state index is 11.7. The SMILES string of the molecule is CCOC(=O)C1CC(Br)C(OCCOCC(C)C)C1. The average Bonchev–Trinajstić information content (AvgIpc) is 2.71. The molecule has 3 atom stereocenters. The van der Waals surface area contributed by atoms with E-state index in [0.717, 1.165) is 19.4 Å². The van der Waals surface area contributed by atoms with Crippen molar-refractivity contribution >= 4 is 21.9 Å². The summed E-state index contributed by atoms with van der Waals surface area (Å²) in [6.07, 6.45) is 1.60. The van der Waals surface area contributed by atoms with Crippen LogP contribution in [0.15, 0.2) is 0 Å². The Bertz CT molecular complexity index is 270. The van der Waals surface area contributed by atoms with Gasteiger partial charge in [0.15, 0.2) is 0 Å². The Labute approximate surface area is 124 Å². The van der Waals surface area contributed by atoms with Gasteiger partial charge in [-0.1, -0.05) is 29.8 Å². The number of rotatable bonds is 8. The normalized spacial score (nSPS) is 26.9. The van der Waals surface area contributed by atoms with Crippen LogP contribution in [0.4, 0.5) is 0 Å². The molecule has 0 aliphatic heterocycles. The maximum Gasteiger partial charge on any atom is 0.309 e. The fraction of sp³-hybridized carbons (Fsp3) is 0.929. The predicted molar refractivity (Wildman–Crippen MR) is 77.5 cm³/mol. The molecule has 0 spiro atoms. The summed E-state index contributed by atoms with van der Waals surface area (Å²) >= 11 is 3.58. The Kier molecular flexibility index (Phi) is 7.95. The average molecular weight is 337 g/mol. The van der Waals surface area contributed by atoms with Gasteiger partial charge in [0.2, 0.25) is 0 Å². The van der Waals surface area contributed by atoms with Crippen molar-refractivity contribution in [3.8, 4) is 0 Å². The first-order valence-corrected chi connectivity index (χ1v) is 7.96. The van der Waals surface area contributed by atoms with Crippen molar-refractivity contribution in [3.05, 3.63) is 0 Å². The van der Waals surface area contributed by atoms with Crippen molar-refractivity contribution in [1.82, 2.24) is 0 Å². The molecule has 112 valence electrons. The highest BCUT2D eigenvalue weighted by atomic mass is 79.9. The fourth-order valence-corrected chi connectivity index (χ4v) is 2.97. The highest BCUT2D eigenvalue weighted by Gasteiger charge is 2.37. The van der Waals surface area contributed by atoms with E-state index in [1.807, 2.05) is 6.92 Å². The number of hydrogen-bond donors (Lipinski definition) is 0. The summed E-state index contributed by atoms with van der Waals surface area (Å²) in [7, 11) is 0. The number of halogens is 1. The monoisotopic (exact) mass is 336 g/mol. The predicted octanol–water partition coefficient (Wildman–Crippen LogP) is 2.78. The van der Waals surface area contributed by atoms with Crippen LogP contribution in [0.5, 0.6) is 0 Å². The van der Waals surface area contributed by atoms with Gasteiger partial charge in [0.1, 0.15) is 0 Å². The molecule has 5 heteroatoms. The van der Waals surface area contributed by atoms with E-state index in [0.29, 0.717) is 25.7 Å². The van der Waals surface area contributed by atoms with Crippen LogP contribution in [0.3, 0.4) is 0 Å². The van der Waals surface area contributed by atoms with Gasteiger partial charge in [-0.2, -0.15) is 0 Å². The summed E-state index contributed by atoms with van der Waals surface area (Å²) in [5.41, 5.74) is 0. The highest BCUT2D eigenvalue weighted by molar-refractivity contribution is 9.09. The van der Waals surface area contributed by atoms with E-state index in [2.05, 4.69) is 29.8 Å². The minimum atomic E-state index is -0.103. The van der Waals surface area contributed by atoms with E-state index < -0.39 is 0 Å². The molecule has 3 unspecified atom stereocenters. The lowest BCUT2D eigenvalue weighted by atomic mass is 10.1. The van der Waals surface area contributed by atoms with Gasteiger partial charge < -0.3 is 14.2 Å². The third-order valence-corrected chi connectivity index (χ3v) is 4.02. The van der Waals surface area contributed by atoms with Crippen molar-refractivity contribution in [3.63, 3.8) is 0 Å². The second-order valence-electron chi connectivity index (χ2n) is 5.31. The minimum Gasteiger partial charge on any atom is -0.466 e. The molecule has 19 heavy (non-hydrogen) atoms. The smallest absolute Gasteiger partial charge is 0.309 e. The van der Waals surface area contributed by atoms with E-state index >= 15 is 0 Å². The van der Waals surface area contributed by atoms with Crippen LogP contribution in [0, 0.1) is 11.8 Å². The molecule has 1 aliphatic rings. The molecule has 0 aromatic carbocycles. The lowest BCUT2D eigenvalue weighted by Gasteiger charge is -2.15. The molecule has 0 amide bonds.